The summed E-state index contributed by atoms with van der Waals surface area (Å²) in [7, 11) is 4.01. The Balaban J connectivity index is 1.75. The van der Waals surface area contributed by atoms with E-state index in [0.29, 0.717) is 0 Å². The van der Waals surface area contributed by atoms with Crippen molar-refractivity contribution in [1.82, 2.24) is 14.7 Å². The van der Waals surface area contributed by atoms with Crippen molar-refractivity contribution in [2.75, 3.05) is 45.8 Å². The molecule has 2 aliphatic rings. The predicted octanol–water partition coefficient (Wildman–Crippen LogP) is 0.880. The molecule has 0 aromatic heterocycles. The van der Waals surface area contributed by atoms with Gasteiger partial charge >= 0.3 is 0 Å². The van der Waals surface area contributed by atoms with Gasteiger partial charge in [-0.3, -0.25) is 11.9 Å². The molecule has 0 amide bonds. The first-order valence-electron chi connectivity index (χ1n) is 6.31. The Morgan fingerprint density at radius 3 is 2.13 bits per heavy atom. The van der Waals surface area contributed by atoms with Gasteiger partial charge in [-0.25, -0.2) is 0 Å². The van der Waals surface area contributed by atoms with Gasteiger partial charge in [0.05, 0.1) is 0 Å². The number of hydrogen-bond donors (Lipinski definition) is 0. The van der Waals surface area contributed by atoms with Crippen LogP contribution in [0, 0.1) is 7.05 Å². The van der Waals surface area contributed by atoms with Crippen molar-refractivity contribution < 1.29 is 0 Å². The molecule has 3 heteroatoms. The second-order valence-electron chi connectivity index (χ2n) is 4.82. The minimum absolute atomic E-state index is 0.835. The van der Waals surface area contributed by atoms with Gasteiger partial charge in [0.15, 0.2) is 0 Å². The lowest BCUT2D eigenvalue weighted by molar-refractivity contribution is 0.0698. The zero-order chi connectivity index (χ0) is 10.7. The average Bonchev–Trinajstić information content (AvgIpc) is 2.30. The molecular formula is C12H24N3-. The number of likely N-dealkylation sites (N-methyl/N-ethyl adjacent to an activating group) is 1. The van der Waals surface area contributed by atoms with Crippen molar-refractivity contribution in [2.24, 2.45) is 0 Å². The molecule has 0 aromatic rings. The van der Waals surface area contributed by atoms with Crippen LogP contribution in [0.15, 0.2) is 0 Å². The summed E-state index contributed by atoms with van der Waals surface area (Å²) in [6, 6.07) is 0.835. The zero-order valence-corrected chi connectivity index (χ0v) is 9.99. The lowest BCUT2D eigenvalue weighted by atomic mass is 10.0. The van der Waals surface area contributed by atoms with E-state index in [2.05, 4.69) is 28.7 Å². The molecule has 2 aliphatic heterocycles. The Morgan fingerprint density at radius 2 is 1.60 bits per heavy atom. The molecule has 0 N–H and O–H groups in total. The summed E-state index contributed by atoms with van der Waals surface area (Å²) >= 11 is 0. The SMILES string of the molecule is [CH2-]N1CCC(N2CCN(CC)CC2)CC1. The van der Waals surface area contributed by atoms with Crippen LogP contribution in [0.2, 0.25) is 0 Å². The quantitative estimate of drug-likeness (QED) is 0.627. The van der Waals surface area contributed by atoms with Crippen molar-refractivity contribution in [2.45, 2.75) is 25.8 Å². The fourth-order valence-electron chi connectivity index (χ4n) is 2.73. The van der Waals surface area contributed by atoms with E-state index in [9.17, 15) is 0 Å². The Morgan fingerprint density at radius 1 is 1.00 bits per heavy atom. The van der Waals surface area contributed by atoms with Crippen molar-refractivity contribution in [3.05, 3.63) is 7.05 Å². The molecule has 0 saturated carbocycles. The maximum atomic E-state index is 4.01. The van der Waals surface area contributed by atoms with Gasteiger partial charge in [0.1, 0.15) is 0 Å². The van der Waals surface area contributed by atoms with E-state index in [-0.39, 0.29) is 0 Å². The van der Waals surface area contributed by atoms with Crippen LogP contribution in [0.4, 0.5) is 0 Å². The molecule has 0 atom stereocenters. The molecule has 0 aliphatic carbocycles. The molecular weight excluding hydrogens is 186 g/mol. The highest BCUT2D eigenvalue weighted by Gasteiger charge is 2.24. The highest BCUT2D eigenvalue weighted by atomic mass is 15.3. The smallest absolute Gasteiger partial charge is 0.0119 e. The van der Waals surface area contributed by atoms with Crippen LogP contribution >= 0.6 is 0 Å². The summed E-state index contributed by atoms with van der Waals surface area (Å²) in [6.45, 7) is 10.9. The van der Waals surface area contributed by atoms with Crippen molar-refractivity contribution in [3.63, 3.8) is 0 Å². The first-order valence-corrected chi connectivity index (χ1v) is 6.31. The van der Waals surface area contributed by atoms with Crippen molar-refractivity contribution >= 4 is 0 Å². The Kier molecular flexibility index (Phi) is 4.00. The molecule has 88 valence electrons. The topological polar surface area (TPSA) is 9.72 Å². The standard InChI is InChI=1S/C12H24N3/c1-3-14-8-10-15(11-9-14)12-4-6-13(2)7-5-12/h12H,2-11H2,1H3/q-1. The summed E-state index contributed by atoms with van der Waals surface area (Å²) in [6.07, 6.45) is 2.63. The van der Waals surface area contributed by atoms with E-state index in [1.807, 2.05) is 0 Å². The minimum Gasteiger partial charge on any atom is -0.459 e. The number of nitrogens with zero attached hydrogens (tertiary/aromatic N) is 3. The van der Waals surface area contributed by atoms with Crippen molar-refractivity contribution in [3.8, 4) is 0 Å². The molecule has 0 aromatic carbocycles. The minimum atomic E-state index is 0.835. The lowest BCUT2D eigenvalue weighted by Gasteiger charge is -2.43. The molecule has 3 nitrogen and oxygen atoms in total. The van der Waals surface area contributed by atoms with E-state index in [0.717, 1.165) is 6.04 Å². The normalized spacial score (nSPS) is 28.4. The van der Waals surface area contributed by atoms with E-state index >= 15 is 0 Å². The Hall–Kier alpha value is -0.120. The third-order valence-electron chi connectivity index (χ3n) is 3.93. The highest BCUT2D eigenvalue weighted by molar-refractivity contribution is 4.82. The monoisotopic (exact) mass is 210 g/mol. The zero-order valence-electron chi connectivity index (χ0n) is 9.99. The molecule has 2 saturated heterocycles. The second-order valence-corrected chi connectivity index (χ2v) is 4.82. The summed E-state index contributed by atoms with van der Waals surface area (Å²) < 4.78 is 0. The van der Waals surface area contributed by atoms with E-state index in [1.54, 1.807) is 0 Å². The van der Waals surface area contributed by atoms with Gasteiger partial charge in [-0.15, -0.1) is 0 Å². The molecule has 0 unspecified atom stereocenters. The summed E-state index contributed by atoms with van der Waals surface area (Å²) in [5.74, 6) is 0. The second kappa shape index (κ2) is 5.28. The van der Waals surface area contributed by atoms with Crippen LogP contribution in [0.1, 0.15) is 19.8 Å². The first kappa shape index (κ1) is 11.4. The number of rotatable bonds is 2. The summed E-state index contributed by atoms with van der Waals surface area (Å²) in [5, 5.41) is 0. The molecule has 0 bridgehead atoms. The summed E-state index contributed by atoms with van der Waals surface area (Å²) in [4.78, 5) is 7.45. The van der Waals surface area contributed by atoms with Gasteiger partial charge in [-0.2, -0.15) is 0 Å². The molecule has 0 radical (unpaired) electrons. The van der Waals surface area contributed by atoms with Crippen LogP contribution in [-0.4, -0.2) is 66.6 Å². The molecule has 2 fully saturated rings. The van der Waals surface area contributed by atoms with Crippen LogP contribution in [-0.2, 0) is 0 Å². The Labute approximate surface area is 94.0 Å². The van der Waals surface area contributed by atoms with Crippen LogP contribution in [0.25, 0.3) is 0 Å². The third-order valence-corrected chi connectivity index (χ3v) is 3.93. The average molecular weight is 210 g/mol. The molecule has 0 spiro atoms. The third kappa shape index (κ3) is 2.92. The molecule has 2 rings (SSSR count). The lowest BCUT2D eigenvalue weighted by Crippen LogP contribution is -2.52. The Bertz CT molecular complexity index is 179. The maximum absolute atomic E-state index is 4.01. The van der Waals surface area contributed by atoms with Crippen LogP contribution < -0.4 is 0 Å². The van der Waals surface area contributed by atoms with E-state index in [4.69, 9.17) is 0 Å². The van der Waals surface area contributed by atoms with Crippen LogP contribution in [0.3, 0.4) is 0 Å². The first-order chi connectivity index (χ1) is 7.29. The number of hydrogen-bond acceptors (Lipinski definition) is 3. The number of piperazine rings is 1. The molecule has 15 heavy (non-hydrogen) atoms. The van der Waals surface area contributed by atoms with Gasteiger partial charge in [-0.1, -0.05) is 6.92 Å². The maximum Gasteiger partial charge on any atom is 0.0119 e. The fraction of sp³-hybridized carbons (Fsp3) is 0.917. The fourth-order valence-corrected chi connectivity index (χ4v) is 2.73. The van der Waals surface area contributed by atoms with Gasteiger partial charge in [0.2, 0.25) is 0 Å². The largest absolute Gasteiger partial charge is 0.459 e. The van der Waals surface area contributed by atoms with Crippen LogP contribution in [0.5, 0.6) is 0 Å². The molecule has 2 heterocycles. The van der Waals surface area contributed by atoms with E-state index in [1.165, 1.54) is 58.7 Å². The summed E-state index contributed by atoms with van der Waals surface area (Å²) in [5.41, 5.74) is 0. The highest BCUT2D eigenvalue weighted by Crippen LogP contribution is 2.17. The van der Waals surface area contributed by atoms with Gasteiger partial charge < -0.3 is 9.80 Å². The predicted molar refractivity (Wildman–Crippen MR) is 63.6 cm³/mol. The van der Waals surface area contributed by atoms with Gasteiger partial charge in [0.25, 0.3) is 0 Å². The van der Waals surface area contributed by atoms with Crippen molar-refractivity contribution in [1.29, 1.82) is 0 Å². The van der Waals surface area contributed by atoms with Gasteiger partial charge in [0, 0.05) is 32.2 Å². The van der Waals surface area contributed by atoms with E-state index < -0.39 is 0 Å². The number of likely N-dealkylation sites (tertiary alicyclic amines) is 1. The van der Waals surface area contributed by atoms with Gasteiger partial charge in [-0.05, 0) is 32.5 Å². The number of piperidine rings is 1.